The van der Waals surface area contributed by atoms with Crippen molar-refractivity contribution < 1.29 is 23.9 Å². The number of halogens is 1. The number of nitriles is 1. The summed E-state index contributed by atoms with van der Waals surface area (Å²) in [6.45, 7) is 9.53. The zero-order chi connectivity index (χ0) is 41.3. The molecule has 0 aliphatic carbocycles. The molecule has 15 heteroatoms. The largest absolute Gasteiger partial charge is 0.487 e. The monoisotopic (exact) mass is 815 g/mol. The van der Waals surface area contributed by atoms with E-state index in [2.05, 4.69) is 55.6 Å². The van der Waals surface area contributed by atoms with Gasteiger partial charge in [-0.25, -0.2) is 9.97 Å². The normalized spacial score (nSPS) is 20.8. The fourth-order valence-corrected chi connectivity index (χ4v) is 8.77. The van der Waals surface area contributed by atoms with Gasteiger partial charge in [0, 0.05) is 80.1 Å². The molecule has 0 spiro atoms. The van der Waals surface area contributed by atoms with E-state index < -0.39 is 29.7 Å². The Morgan fingerprint density at radius 1 is 0.915 bits per heavy atom. The Kier molecular flexibility index (Phi) is 11.3. The third kappa shape index (κ3) is 8.50. The van der Waals surface area contributed by atoms with E-state index in [1.165, 1.54) is 0 Å². The van der Waals surface area contributed by atoms with Crippen molar-refractivity contribution in [3.63, 3.8) is 0 Å². The molecule has 4 aliphatic rings. The first-order chi connectivity index (χ1) is 28.5. The lowest BCUT2D eigenvalue weighted by Gasteiger charge is -2.27. The van der Waals surface area contributed by atoms with Crippen LogP contribution in [-0.4, -0.2) is 101 Å². The molecule has 0 bridgehead atoms. The molecule has 0 radical (unpaired) electrons. The summed E-state index contributed by atoms with van der Waals surface area (Å²) in [5.41, 5.74) is 4.45. The van der Waals surface area contributed by atoms with Crippen LogP contribution >= 0.6 is 11.6 Å². The van der Waals surface area contributed by atoms with Crippen molar-refractivity contribution in [1.82, 2.24) is 30.4 Å². The van der Waals surface area contributed by atoms with Gasteiger partial charge in [0.25, 0.3) is 11.8 Å². The van der Waals surface area contributed by atoms with E-state index in [0.717, 1.165) is 78.7 Å². The zero-order valence-corrected chi connectivity index (χ0v) is 33.8. The molecule has 5 heterocycles. The lowest BCUT2D eigenvalue weighted by atomic mass is 9.78. The first-order valence-corrected chi connectivity index (χ1v) is 20.4. The second-order valence-electron chi connectivity index (χ2n) is 16.1. The van der Waals surface area contributed by atoms with Crippen molar-refractivity contribution in [2.45, 2.75) is 69.7 Å². The van der Waals surface area contributed by atoms with Crippen LogP contribution in [0.1, 0.15) is 82.6 Å². The van der Waals surface area contributed by atoms with Crippen molar-refractivity contribution in [3.05, 3.63) is 111 Å². The van der Waals surface area contributed by atoms with Gasteiger partial charge in [-0.05, 0) is 85.0 Å². The Labute approximate surface area is 347 Å². The van der Waals surface area contributed by atoms with Crippen molar-refractivity contribution in [2.75, 3.05) is 49.5 Å². The summed E-state index contributed by atoms with van der Waals surface area (Å²) in [5, 5.41) is 19.2. The summed E-state index contributed by atoms with van der Waals surface area (Å²) < 4.78 is 6.06. The Morgan fingerprint density at radius 2 is 1.73 bits per heavy atom. The van der Waals surface area contributed by atoms with Crippen LogP contribution in [0.15, 0.2) is 72.9 Å². The van der Waals surface area contributed by atoms with Crippen LogP contribution in [0.25, 0.3) is 0 Å². The average molecular weight is 816 g/mol. The lowest BCUT2D eigenvalue weighted by Crippen LogP contribution is -2.54. The van der Waals surface area contributed by atoms with Crippen LogP contribution in [0.5, 0.6) is 5.75 Å². The summed E-state index contributed by atoms with van der Waals surface area (Å²) in [6.07, 6.45) is 4.00. The Bertz CT molecular complexity index is 2330. The third-order valence-electron chi connectivity index (χ3n) is 12.0. The van der Waals surface area contributed by atoms with Gasteiger partial charge in [0.1, 0.15) is 18.4 Å². The smallest absolute Gasteiger partial charge is 0.262 e. The molecule has 14 nitrogen and oxygen atoms in total. The number of likely N-dealkylation sites (tertiary alicyclic amines) is 1. The molecular weight excluding hydrogens is 770 g/mol. The molecule has 0 saturated carbocycles. The molecule has 3 saturated heterocycles. The van der Waals surface area contributed by atoms with Gasteiger partial charge in [0.05, 0.1) is 28.5 Å². The van der Waals surface area contributed by atoms with Gasteiger partial charge in [0.15, 0.2) is 0 Å². The summed E-state index contributed by atoms with van der Waals surface area (Å²) >= 11 is 6.28. The molecule has 3 unspecified atom stereocenters. The number of aromatic nitrogens is 2. The van der Waals surface area contributed by atoms with Crippen molar-refractivity contribution in [3.8, 4) is 11.8 Å². The van der Waals surface area contributed by atoms with Crippen molar-refractivity contribution >= 4 is 46.9 Å². The highest BCUT2D eigenvalue weighted by Gasteiger charge is 2.45. The van der Waals surface area contributed by atoms with E-state index in [1.54, 1.807) is 24.4 Å². The molecular formula is C44H46ClN9O5. The highest BCUT2D eigenvalue weighted by molar-refractivity contribution is 6.30. The van der Waals surface area contributed by atoms with Gasteiger partial charge in [-0.3, -0.25) is 34.3 Å². The zero-order valence-electron chi connectivity index (χ0n) is 33.0. The molecule has 3 N–H and O–H groups in total. The first kappa shape index (κ1) is 39.9. The van der Waals surface area contributed by atoms with Crippen LogP contribution < -0.4 is 25.6 Å². The van der Waals surface area contributed by atoms with Crippen LogP contribution in [-0.2, 0) is 21.6 Å². The maximum Gasteiger partial charge on any atom is 0.262 e. The molecule has 4 amide bonds. The number of imide groups is 2. The molecule has 3 atom stereocenters. The predicted octanol–water partition coefficient (Wildman–Crippen LogP) is 4.66. The second-order valence-corrected chi connectivity index (χ2v) is 16.5. The Morgan fingerprint density at radius 3 is 2.53 bits per heavy atom. The van der Waals surface area contributed by atoms with Crippen molar-refractivity contribution in [1.29, 1.82) is 5.26 Å². The Hall–Kier alpha value is -5.88. The molecule has 3 aromatic carbocycles. The Balaban J connectivity index is 0.767. The van der Waals surface area contributed by atoms with E-state index in [-0.39, 0.29) is 18.3 Å². The van der Waals surface area contributed by atoms with Crippen LogP contribution in [0.2, 0.25) is 5.02 Å². The molecule has 3 fully saturated rings. The lowest BCUT2D eigenvalue weighted by molar-refractivity contribution is -0.136. The summed E-state index contributed by atoms with van der Waals surface area (Å²) in [6, 6.07) is 22.5. The van der Waals surface area contributed by atoms with E-state index in [9.17, 15) is 24.4 Å². The molecule has 4 aromatic rings. The predicted molar refractivity (Wildman–Crippen MR) is 221 cm³/mol. The molecule has 59 heavy (non-hydrogen) atoms. The second kappa shape index (κ2) is 16.8. The number of ether oxygens (including phenoxy) is 1. The maximum atomic E-state index is 13.4. The summed E-state index contributed by atoms with van der Waals surface area (Å²) in [5.74, 6) is -0.711. The fourth-order valence-electron chi connectivity index (χ4n) is 8.53. The molecule has 4 aliphatic heterocycles. The number of amides is 4. The summed E-state index contributed by atoms with van der Waals surface area (Å²) in [4.78, 5) is 65.4. The number of carbonyl (C=O) groups is 4. The van der Waals surface area contributed by atoms with Gasteiger partial charge >= 0.3 is 0 Å². The number of nitrogens with zero attached hydrogens (tertiary/aromatic N) is 6. The number of benzene rings is 3. The van der Waals surface area contributed by atoms with E-state index in [1.807, 2.05) is 48.5 Å². The van der Waals surface area contributed by atoms with Gasteiger partial charge in [-0.1, -0.05) is 37.6 Å². The number of nitrogens with one attached hydrogen (secondary N) is 3. The van der Waals surface area contributed by atoms with Gasteiger partial charge in [-0.15, -0.1) is 0 Å². The topological polar surface area (TPSA) is 173 Å². The number of rotatable bonds is 13. The minimum absolute atomic E-state index is 0.0905. The van der Waals surface area contributed by atoms with Gasteiger partial charge in [0.2, 0.25) is 17.8 Å². The number of anilines is 2. The number of hydrogen-bond donors (Lipinski definition) is 3. The first-order valence-electron chi connectivity index (χ1n) is 20.0. The number of carbonyl (C=O) groups excluding carboxylic acids is 4. The fraction of sp³-hybridized carbons (Fsp3) is 0.386. The highest BCUT2D eigenvalue weighted by atomic mass is 35.5. The van der Waals surface area contributed by atoms with E-state index >= 15 is 0 Å². The molecule has 8 rings (SSSR count). The van der Waals surface area contributed by atoms with Crippen LogP contribution in [0.4, 0.5) is 11.6 Å². The maximum absolute atomic E-state index is 13.4. The van der Waals surface area contributed by atoms with Crippen LogP contribution in [0.3, 0.4) is 0 Å². The summed E-state index contributed by atoms with van der Waals surface area (Å²) in [7, 11) is 0. The molecule has 1 aromatic heterocycles. The number of piperidine rings is 1. The third-order valence-corrected chi connectivity index (χ3v) is 12.2. The average Bonchev–Trinajstić information content (AvgIpc) is 3.98. The van der Waals surface area contributed by atoms with Crippen LogP contribution in [0, 0.1) is 11.3 Å². The minimum atomic E-state index is -0.975. The SMILES string of the molecule is CC(C)(c1ccc(OCc2ccnc(NCCNC3CCN(C4CCN(c5ccc6c(c5)C(=O)N(C5CCC(=O)NC5=O)C6=O)C4)C3)n2)cc1)c1cc(Cl)cc(C#N)c1. The van der Waals surface area contributed by atoms with Gasteiger partial charge < -0.3 is 20.3 Å². The van der Waals surface area contributed by atoms with E-state index in [0.29, 0.717) is 52.9 Å². The van der Waals surface area contributed by atoms with Crippen molar-refractivity contribution in [2.24, 2.45) is 0 Å². The molecule has 304 valence electrons. The number of fused-ring (bicyclic) bond motifs is 1. The standard InChI is InChI=1S/C44H46ClN9O5/c1-44(2,29-19-27(23-46)20-30(45)21-29)28-3-6-35(7-4-28)59-26-32-11-14-48-43(50-32)49-16-15-47-31-12-17-52(24-31)34-13-18-53(25-34)33-5-8-36-37(22-33)42(58)54(41(36)57)38-9-10-39(55)51-40(38)56/h3-8,11,14,19-22,31,34,38,47H,9-10,12-13,15-18,24-26H2,1-2H3,(H,48,49,50)(H,51,55,56). The highest BCUT2D eigenvalue weighted by Crippen LogP contribution is 2.35. The minimum Gasteiger partial charge on any atom is -0.487 e. The van der Waals surface area contributed by atoms with E-state index in [4.69, 9.17) is 16.3 Å². The number of hydrogen-bond acceptors (Lipinski definition) is 12. The quantitative estimate of drug-likeness (QED) is 0.126. The van der Waals surface area contributed by atoms with Gasteiger partial charge in [-0.2, -0.15) is 5.26 Å².